The Bertz CT molecular complexity index is 598. The first-order chi connectivity index (χ1) is 7.74. The first kappa shape index (κ1) is 9.99. The second kappa shape index (κ2) is 3.68. The summed E-state index contributed by atoms with van der Waals surface area (Å²) in [6.07, 6.45) is 1.01. The Balaban J connectivity index is 2.24. The monoisotopic (exact) mass is 249 g/mol. The molecule has 3 rings (SSSR count). The van der Waals surface area contributed by atoms with Crippen molar-refractivity contribution >= 4 is 29.4 Å². The van der Waals surface area contributed by atoms with Crippen molar-refractivity contribution in [3.8, 4) is 10.6 Å². The van der Waals surface area contributed by atoms with Gasteiger partial charge in [0.2, 0.25) is 0 Å². The van der Waals surface area contributed by atoms with Gasteiger partial charge in [0.05, 0.1) is 10.6 Å². The Labute approximate surface area is 103 Å². The normalized spacial score (nSPS) is 13.6. The van der Waals surface area contributed by atoms with Crippen molar-refractivity contribution in [1.29, 1.82) is 0 Å². The first-order valence-corrected chi connectivity index (χ1v) is 6.40. The van der Waals surface area contributed by atoms with Gasteiger partial charge < -0.3 is 10.3 Å². The lowest BCUT2D eigenvalue weighted by Gasteiger charge is -2.04. The van der Waals surface area contributed by atoms with Gasteiger partial charge >= 0.3 is 0 Å². The van der Waals surface area contributed by atoms with Crippen molar-refractivity contribution in [2.75, 3.05) is 11.9 Å². The van der Waals surface area contributed by atoms with Gasteiger partial charge in [-0.15, -0.1) is 11.3 Å². The molecule has 2 aromatic rings. The molecule has 0 aromatic carbocycles. The van der Waals surface area contributed by atoms with E-state index in [-0.39, 0.29) is 0 Å². The minimum absolute atomic E-state index is 0.550. The van der Waals surface area contributed by atoms with E-state index in [1.807, 2.05) is 0 Å². The molecule has 82 valence electrons. The van der Waals surface area contributed by atoms with Crippen LogP contribution in [0.15, 0.2) is 12.1 Å². The number of H-pyrrole nitrogens is 1. The summed E-state index contributed by atoms with van der Waals surface area (Å²) in [5, 5.41) is 3.26. The summed E-state index contributed by atoms with van der Waals surface area (Å²) in [6, 6.07) is 4.27. The van der Waals surface area contributed by atoms with Crippen LogP contribution < -0.4 is 5.32 Å². The van der Waals surface area contributed by atoms with Crippen molar-refractivity contribution in [2.45, 2.75) is 13.3 Å². The lowest BCUT2D eigenvalue weighted by atomic mass is 10.1. The van der Waals surface area contributed by atoms with E-state index < -0.39 is 0 Å². The van der Waals surface area contributed by atoms with Gasteiger partial charge in [0.15, 0.2) is 4.77 Å². The fourth-order valence-corrected chi connectivity index (χ4v) is 3.06. The highest BCUT2D eigenvalue weighted by molar-refractivity contribution is 7.71. The maximum atomic E-state index is 5.15. The van der Waals surface area contributed by atoms with Gasteiger partial charge in [0.1, 0.15) is 5.82 Å². The lowest BCUT2D eigenvalue weighted by molar-refractivity contribution is 1.09. The second-order valence-electron chi connectivity index (χ2n) is 3.83. The van der Waals surface area contributed by atoms with Crippen LogP contribution in [0, 0.1) is 11.7 Å². The number of fused-ring (bicyclic) bond motifs is 1. The number of anilines is 1. The predicted molar refractivity (Wildman–Crippen MR) is 69.7 cm³/mol. The molecule has 0 saturated heterocycles. The number of nitrogens with zero attached hydrogens (tertiary/aromatic N) is 1. The summed E-state index contributed by atoms with van der Waals surface area (Å²) < 4.78 is 0.550. The molecule has 2 aromatic heterocycles. The molecule has 0 spiro atoms. The Morgan fingerprint density at radius 1 is 1.44 bits per heavy atom. The highest BCUT2D eigenvalue weighted by Crippen LogP contribution is 2.33. The van der Waals surface area contributed by atoms with Crippen molar-refractivity contribution < 1.29 is 0 Å². The van der Waals surface area contributed by atoms with Crippen molar-refractivity contribution in [1.82, 2.24) is 9.97 Å². The Morgan fingerprint density at radius 3 is 3.06 bits per heavy atom. The maximum Gasteiger partial charge on any atom is 0.199 e. The van der Waals surface area contributed by atoms with Gasteiger partial charge in [-0.05, 0) is 37.7 Å². The number of thiophene rings is 1. The molecule has 0 aliphatic carbocycles. The lowest BCUT2D eigenvalue weighted by Crippen LogP contribution is -1.95. The summed E-state index contributed by atoms with van der Waals surface area (Å²) in [7, 11) is 0. The third-order valence-corrected chi connectivity index (χ3v) is 3.90. The smallest absolute Gasteiger partial charge is 0.199 e. The van der Waals surface area contributed by atoms with Crippen molar-refractivity contribution in [3.63, 3.8) is 0 Å². The van der Waals surface area contributed by atoms with E-state index in [1.165, 1.54) is 15.3 Å². The molecule has 1 aliphatic heterocycles. The molecule has 0 saturated carbocycles. The van der Waals surface area contributed by atoms with Gasteiger partial charge in [-0.25, -0.2) is 4.98 Å². The molecular formula is C11H11N3S2. The predicted octanol–water partition coefficient (Wildman–Crippen LogP) is 3.14. The second-order valence-corrected chi connectivity index (χ2v) is 5.51. The molecule has 1 aliphatic rings. The number of hydrogen-bond acceptors (Lipinski definition) is 4. The third-order valence-electron chi connectivity index (χ3n) is 2.69. The zero-order valence-electron chi connectivity index (χ0n) is 8.83. The molecule has 16 heavy (non-hydrogen) atoms. The van der Waals surface area contributed by atoms with Gasteiger partial charge in [0.25, 0.3) is 0 Å². The van der Waals surface area contributed by atoms with E-state index in [0.29, 0.717) is 4.77 Å². The van der Waals surface area contributed by atoms with Gasteiger partial charge in [-0.2, -0.15) is 0 Å². The van der Waals surface area contributed by atoms with Gasteiger partial charge in [0, 0.05) is 17.0 Å². The fourth-order valence-electron chi connectivity index (χ4n) is 1.97. The molecule has 2 N–H and O–H groups in total. The van der Waals surface area contributed by atoms with Gasteiger partial charge in [-0.3, -0.25) is 0 Å². The van der Waals surface area contributed by atoms with Crippen LogP contribution in [0.5, 0.6) is 0 Å². The number of rotatable bonds is 1. The number of nitrogens with one attached hydrogen (secondary N) is 2. The topological polar surface area (TPSA) is 40.7 Å². The highest BCUT2D eigenvalue weighted by Gasteiger charge is 2.18. The summed E-state index contributed by atoms with van der Waals surface area (Å²) in [6.45, 7) is 3.06. The van der Waals surface area contributed by atoms with Crippen molar-refractivity contribution in [3.05, 3.63) is 27.3 Å². The first-order valence-electron chi connectivity index (χ1n) is 5.18. The van der Waals surface area contributed by atoms with E-state index in [4.69, 9.17) is 12.2 Å². The summed E-state index contributed by atoms with van der Waals surface area (Å²) in [5.74, 6) is 0.949. The fraction of sp³-hybridized carbons (Fsp3) is 0.273. The molecule has 0 amide bonds. The zero-order chi connectivity index (χ0) is 11.1. The SMILES string of the molecule is Cc1ccc(-c2[nH]c(=S)nc3c2CCN3)s1. The number of aromatic nitrogens is 2. The number of aryl methyl sites for hydroxylation is 1. The van der Waals surface area contributed by atoms with E-state index in [0.717, 1.165) is 24.5 Å². The van der Waals surface area contributed by atoms with E-state index in [2.05, 4.69) is 34.3 Å². The van der Waals surface area contributed by atoms with Crippen LogP contribution in [0.1, 0.15) is 10.4 Å². The maximum absolute atomic E-state index is 5.15. The Hall–Kier alpha value is -1.20. The molecular weight excluding hydrogens is 238 g/mol. The standard InChI is InChI=1S/C11H11N3S2/c1-6-2-3-8(16-6)9-7-4-5-12-10(7)14-11(15)13-9/h2-3H,4-5H2,1H3,(H2,12,13,14,15). The number of hydrogen-bond donors (Lipinski definition) is 2. The van der Waals surface area contributed by atoms with E-state index in [1.54, 1.807) is 11.3 Å². The molecule has 0 radical (unpaired) electrons. The van der Waals surface area contributed by atoms with Crippen molar-refractivity contribution in [2.24, 2.45) is 0 Å². The van der Waals surface area contributed by atoms with Crippen LogP contribution in [-0.4, -0.2) is 16.5 Å². The molecule has 5 heteroatoms. The molecule has 3 nitrogen and oxygen atoms in total. The molecule has 0 unspecified atom stereocenters. The molecule has 3 heterocycles. The summed E-state index contributed by atoms with van der Waals surface area (Å²) in [4.78, 5) is 10.1. The van der Waals surface area contributed by atoms with E-state index in [9.17, 15) is 0 Å². The minimum Gasteiger partial charge on any atom is -0.369 e. The average molecular weight is 249 g/mol. The van der Waals surface area contributed by atoms with Crippen LogP contribution in [-0.2, 0) is 6.42 Å². The summed E-state index contributed by atoms with van der Waals surface area (Å²) >= 11 is 6.93. The third kappa shape index (κ3) is 1.56. The Kier molecular flexibility index (Phi) is 2.29. The molecule has 0 fully saturated rings. The van der Waals surface area contributed by atoms with E-state index >= 15 is 0 Å². The van der Waals surface area contributed by atoms with Crippen LogP contribution in [0.4, 0.5) is 5.82 Å². The van der Waals surface area contributed by atoms with Crippen LogP contribution in [0.3, 0.4) is 0 Å². The van der Waals surface area contributed by atoms with Crippen LogP contribution >= 0.6 is 23.6 Å². The zero-order valence-corrected chi connectivity index (χ0v) is 10.5. The number of aromatic amines is 1. The van der Waals surface area contributed by atoms with Crippen LogP contribution in [0.25, 0.3) is 10.6 Å². The quantitative estimate of drug-likeness (QED) is 0.763. The largest absolute Gasteiger partial charge is 0.369 e. The highest BCUT2D eigenvalue weighted by atomic mass is 32.1. The van der Waals surface area contributed by atoms with Crippen LogP contribution in [0.2, 0.25) is 0 Å². The van der Waals surface area contributed by atoms with Gasteiger partial charge in [-0.1, -0.05) is 0 Å². The average Bonchev–Trinajstić information content (AvgIpc) is 2.84. The Morgan fingerprint density at radius 2 is 2.31 bits per heavy atom. The molecule has 0 atom stereocenters. The molecule has 0 bridgehead atoms. The summed E-state index contributed by atoms with van der Waals surface area (Å²) in [5.41, 5.74) is 2.40. The minimum atomic E-state index is 0.550.